The molecule has 5 heteroatoms. The second-order valence-electron chi connectivity index (χ2n) is 5.62. The highest BCUT2D eigenvalue weighted by Gasteiger charge is 2.10. The van der Waals surface area contributed by atoms with E-state index in [-0.39, 0.29) is 5.97 Å². The number of methoxy groups -OCH3 is 1. The van der Waals surface area contributed by atoms with E-state index in [0.717, 1.165) is 27.6 Å². The number of ether oxygens (including phenoxy) is 2. The van der Waals surface area contributed by atoms with Crippen LogP contribution < -0.4 is 10.6 Å². The van der Waals surface area contributed by atoms with Crippen molar-refractivity contribution in [2.75, 3.05) is 7.11 Å². The first kappa shape index (κ1) is 16.5. The Morgan fingerprint density at radius 2 is 1.68 bits per heavy atom. The second-order valence-corrected chi connectivity index (χ2v) is 5.62. The van der Waals surface area contributed by atoms with Gasteiger partial charge in [0.2, 0.25) is 0 Å². The molecule has 0 atom stereocenters. The Bertz CT molecular complexity index is 964. The second kappa shape index (κ2) is 7.05. The van der Waals surface area contributed by atoms with Crippen LogP contribution in [0, 0.1) is 6.92 Å². The summed E-state index contributed by atoms with van der Waals surface area (Å²) in [5.74, 6) is 6.21. The zero-order chi connectivity index (χ0) is 17.8. The number of benzene rings is 3. The average molecular weight is 334 g/mol. The van der Waals surface area contributed by atoms with Crippen LogP contribution in [0.3, 0.4) is 0 Å². The summed E-state index contributed by atoms with van der Waals surface area (Å²) >= 11 is 0. The Morgan fingerprint density at radius 3 is 2.40 bits per heavy atom. The van der Waals surface area contributed by atoms with Crippen LogP contribution in [-0.4, -0.2) is 19.3 Å². The van der Waals surface area contributed by atoms with Gasteiger partial charge in [-0.1, -0.05) is 18.2 Å². The van der Waals surface area contributed by atoms with Gasteiger partial charge in [-0.25, -0.2) is 4.79 Å². The van der Waals surface area contributed by atoms with E-state index in [1.165, 1.54) is 7.11 Å². The van der Waals surface area contributed by atoms with Crippen molar-refractivity contribution >= 4 is 23.0 Å². The number of esters is 1. The minimum Gasteiger partial charge on any atom is -0.465 e. The van der Waals surface area contributed by atoms with Gasteiger partial charge < -0.3 is 15.3 Å². The highest BCUT2D eigenvalue weighted by molar-refractivity contribution is 5.92. The SMILES string of the molecule is COC(=O)c1ccc(Oc2ccc3cc(C=NN)ccc3c2)cc1C. The lowest BCUT2D eigenvalue weighted by atomic mass is 10.1. The molecule has 0 spiro atoms. The van der Waals surface area contributed by atoms with Crippen LogP contribution in [0.4, 0.5) is 0 Å². The number of hydrogen-bond acceptors (Lipinski definition) is 5. The van der Waals surface area contributed by atoms with Gasteiger partial charge in [0.15, 0.2) is 0 Å². The van der Waals surface area contributed by atoms with Gasteiger partial charge in [0.1, 0.15) is 11.5 Å². The molecule has 0 aliphatic heterocycles. The number of aryl methyl sites for hydroxylation is 1. The topological polar surface area (TPSA) is 73.9 Å². The molecule has 0 bridgehead atoms. The minimum absolute atomic E-state index is 0.355. The van der Waals surface area contributed by atoms with Crippen LogP contribution in [0.2, 0.25) is 0 Å². The molecule has 0 unspecified atom stereocenters. The standard InChI is InChI=1S/C20H18N2O3/c1-13-9-17(7-8-19(13)20(23)24-2)25-18-6-5-15-10-14(12-22-21)3-4-16(15)11-18/h3-12H,21H2,1-2H3. The average Bonchev–Trinajstić information content (AvgIpc) is 2.61. The summed E-state index contributed by atoms with van der Waals surface area (Å²) in [4.78, 5) is 11.6. The molecule has 2 N–H and O–H groups in total. The molecular weight excluding hydrogens is 316 g/mol. The molecule has 3 aromatic rings. The lowest BCUT2D eigenvalue weighted by Crippen LogP contribution is -2.03. The third-order valence-corrected chi connectivity index (χ3v) is 3.90. The molecule has 5 nitrogen and oxygen atoms in total. The molecule has 0 aliphatic rings. The molecule has 0 aromatic heterocycles. The highest BCUT2D eigenvalue weighted by atomic mass is 16.5. The monoisotopic (exact) mass is 334 g/mol. The number of hydrazone groups is 1. The van der Waals surface area contributed by atoms with Gasteiger partial charge in [-0.15, -0.1) is 0 Å². The van der Waals surface area contributed by atoms with Crippen LogP contribution in [-0.2, 0) is 4.74 Å². The Morgan fingerprint density at radius 1 is 1.00 bits per heavy atom. The Labute approximate surface area is 145 Å². The van der Waals surface area contributed by atoms with Crippen molar-refractivity contribution in [3.05, 3.63) is 71.3 Å². The van der Waals surface area contributed by atoms with E-state index in [1.54, 1.807) is 18.3 Å². The number of carbonyl (C=O) groups is 1. The lowest BCUT2D eigenvalue weighted by molar-refractivity contribution is 0.0600. The zero-order valence-electron chi connectivity index (χ0n) is 14.0. The van der Waals surface area contributed by atoms with Crippen LogP contribution in [0.5, 0.6) is 11.5 Å². The first-order chi connectivity index (χ1) is 12.1. The van der Waals surface area contributed by atoms with Crippen molar-refractivity contribution in [2.24, 2.45) is 10.9 Å². The molecule has 0 heterocycles. The molecule has 3 aromatic carbocycles. The molecule has 25 heavy (non-hydrogen) atoms. The molecule has 0 saturated carbocycles. The normalized spacial score (nSPS) is 11.0. The van der Waals surface area contributed by atoms with E-state index < -0.39 is 0 Å². The lowest BCUT2D eigenvalue weighted by Gasteiger charge is -2.10. The fourth-order valence-electron chi connectivity index (χ4n) is 2.65. The van der Waals surface area contributed by atoms with Gasteiger partial charge >= 0.3 is 5.97 Å². The zero-order valence-corrected chi connectivity index (χ0v) is 14.0. The third-order valence-electron chi connectivity index (χ3n) is 3.90. The van der Waals surface area contributed by atoms with E-state index in [2.05, 4.69) is 5.10 Å². The molecular formula is C20H18N2O3. The van der Waals surface area contributed by atoms with Gasteiger partial charge in [-0.05, 0) is 65.2 Å². The van der Waals surface area contributed by atoms with Crippen molar-refractivity contribution in [3.8, 4) is 11.5 Å². The Hall–Kier alpha value is -3.34. The third kappa shape index (κ3) is 3.61. The van der Waals surface area contributed by atoms with Gasteiger partial charge in [0.25, 0.3) is 0 Å². The van der Waals surface area contributed by atoms with Crippen molar-refractivity contribution in [1.82, 2.24) is 0 Å². The molecule has 0 aliphatic carbocycles. The number of nitrogens with two attached hydrogens (primary N) is 1. The predicted octanol–water partition coefficient (Wildman–Crippen LogP) is 4.02. The van der Waals surface area contributed by atoms with Crippen LogP contribution in [0.25, 0.3) is 10.8 Å². The Kier molecular flexibility index (Phi) is 4.66. The molecule has 0 saturated heterocycles. The summed E-state index contributed by atoms with van der Waals surface area (Å²) in [5.41, 5.74) is 2.27. The minimum atomic E-state index is -0.355. The molecule has 0 radical (unpaired) electrons. The Balaban J connectivity index is 1.86. The molecule has 3 rings (SSSR count). The summed E-state index contributed by atoms with van der Waals surface area (Å²) in [5, 5.41) is 5.66. The van der Waals surface area contributed by atoms with E-state index in [0.29, 0.717) is 11.3 Å². The van der Waals surface area contributed by atoms with Crippen molar-refractivity contribution < 1.29 is 14.3 Å². The number of rotatable bonds is 4. The highest BCUT2D eigenvalue weighted by Crippen LogP contribution is 2.27. The quantitative estimate of drug-likeness (QED) is 0.338. The predicted molar refractivity (Wildman–Crippen MR) is 98.3 cm³/mol. The number of carbonyl (C=O) groups excluding carboxylic acids is 1. The molecule has 0 fully saturated rings. The van der Waals surface area contributed by atoms with Crippen molar-refractivity contribution in [3.63, 3.8) is 0 Å². The summed E-state index contributed by atoms with van der Waals surface area (Å²) in [6.45, 7) is 1.85. The molecule has 0 amide bonds. The summed E-state index contributed by atoms with van der Waals surface area (Å²) < 4.78 is 10.7. The summed E-state index contributed by atoms with van der Waals surface area (Å²) in [6, 6.07) is 17.1. The van der Waals surface area contributed by atoms with E-state index in [4.69, 9.17) is 15.3 Å². The van der Waals surface area contributed by atoms with E-state index in [1.807, 2.05) is 49.4 Å². The first-order valence-electron chi connectivity index (χ1n) is 7.74. The van der Waals surface area contributed by atoms with E-state index >= 15 is 0 Å². The fourth-order valence-corrected chi connectivity index (χ4v) is 2.65. The van der Waals surface area contributed by atoms with Gasteiger partial charge in [-0.3, -0.25) is 0 Å². The largest absolute Gasteiger partial charge is 0.465 e. The number of hydrogen-bond donors (Lipinski definition) is 1. The van der Waals surface area contributed by atoms with Crippen LogP contribution >= 0.6 is 0 Å². The number of nitrogens with zero attached hydrogens (tertiary/aromatic N) is 1. The maximum atomic E-state index is 11.6. The maximum Gasteiger partial charge on any atom is 0.338 e. The molecule has 126 valence electrons. The van der Waals surface area contributed by atoms with Crippen LogP contribution in [0.1, 0.15) is 21.5 Å². The smallest absolute Gasteiger partial charge is 0.338 e. The maximum absolute atomic E-state index is 11.6. The van der Waals surface area contributed by atoms with Gasteiger partial charge in [0.05, 0.1) is 18.9 Å². The van der Waals surface area contributed by atoms with Gasteiger partial charge in [-0.2, -0.15) is 5.10 Å². The fraction of sp³-hybridized carbons (Fsp3) is 0.100. The van der Waals surface area contributed by atoms with Crippen molar-refractivity contribution in [2.45, 2.75) is 6.92 Å². The van der Waals surface area contributed by atoms with E-state index in [9.17, 15) is 4.79 Å². The number of fused-ring (bicyclic) bond motifs is 1. The van der Waals surface area contributed by atoms with Gasteiger partial charge in [0, 0.05) is 0 Å². The first-order valence-corrected chi connectivity index (χ1v) is 7.74. The summed E-state index contributed by atoms with van der Waals surface area (Å²) in [6.07, 6.45) is 1.61. The van der Waals surface area contributed by atoms with Crippen molar-refractivity contribution in [1.29, 1.82) is 0 Å². The summed E-state index contributed by atoms with van der Waals surface area (Å²) in [7, 11) is 1.37. The van der Waals surface area contributed by atoms with Crippen LogP contribution in [0.15, 0.2) is 59.7 Å².